The van der Waals surface area contributed by atoms with Gasteiger partial charge in [0.25, 0.3) is 0 Å². The molecule has 5 heteroatoms. The molecule has 19 heavy (non-hydrogen) atoms. The molecule has 1 aliphatic rings. The molecule has 0 bridgehead atoms. The van der Waals surface area contributed by atoms with E-state index in [1.165, 1.54) is 6.07 Å². The van der Waals surface area contributed by atoms with Crippen molar-refractivity contribution in [2.45, 2.75) is 38.3 Å². The molecule has 0 spiro atoms. The molecule has 1 saturated carbocycles. The Balaban J connectivity index is 1.84. The fourth-order valence-electron chi connectivity index (χ4n) is 2.52. The Bertz CT molecular complexity index is 459. The molecule has 0 aromatic heterocycles. The molecule has 0 aliphatic heterocycles. The minimum atomic E-state index is -0.390. The number of primary amides is 1. The smallest absolute Gasteiger partial charge is 0.220 e. The maximum atomic E-state index is 13.3. The summed E-state index contributed by atoms with van der Waals surface area (Å²) in [6.45, 7) is 0.544. The lowest BCUT2D eigenvalue weighted by Gasteiger charge is -2.27. The van der Waals surface area contributed by atoms with E-state index in [0.717, 1.165) is 31.2 Å². The van der Waals surface area contributed by atoms with Gasteiger partial charge in [0.15, 0.2) is 0 Å². The van der Waals surface area contributed by atoms with Gasteiger partial charge in [0.2, 0.25) is 5.91 Å². The molecule has 1 amide bonds. The molecule has 0 saturated heterocycles. The van der Waals surface area contributed by atoms with Gasteiger partial charge in [-0.15, -0.1) is 0 Å². The van der Waals surface area contributed by atoms with Crippen LogP contribution in [0.25, 0.3) is 0 Å². The van der Waals surface area contributed by atoms with Crippen LogP contribution in [0.1, 0.15) is 31.2 Å². The maximum absolute atomic E-state index is 13.3. The molecule has 0 atom stereocenters. The van der Waals surface area contributed by atoms with Gasteiger partial charge in [-0.1, -0.05) is 23.7 Å². The number of benzene rings is 1. The summed E-state index contributed by atoms with van der Waals surface area (Å²) in [6.07, 6.45) is 3.48. The Kier molecular flexibility index (Phi) is 4.77. The van der Waals surface area contributed by atoms with Crippen LogP contribution in [0.4, 0.5) is 4.39 Å². The van der Waals surface area contributed by atoms with Crippen molar-refractivity contribution in [3.05, 3.63) is 34.6 Å². The lowest BCUT2D eigenvalue weighted by molar-refractivity contribution is -0.122. The second-order valence-electron chi connectivity index (χ2n) is 5.04. The number of nitrogens with two attached hydrogens (primary N) is 1. The summed E-state index contributed by atoms with van der Waals surface area (Å²) in [6, 6.07) is 5.16. The molecule has 0 heterocycles. The van der Waals surface area contributed by atoms with Crippen LogP contribution in [0, 0.1) is 11.7 Å². The minimum absolute atomic E-state index is 0.0100. The maximum Gasteiger partial charge on any atom is 0.220 e. The number of carbonyl (C=O) groups is 1. The Morgan fingerprint density at radius 1 is 1.37 bits per heavy atom. The summed E-state index contributed by atoms with van der Waals surface area (Å²) in [5, 5.41) is 3.54. The minimum Gasteiger partial charge on any atom is -0.369 e. The van der Waals surface area contributed by atoms with Crippen LogP contribution < -0.4 is 11.1 Å². The van der Waals surface area contributed by atoms with Crippen molar-refractivity contribution in [3.8, 4) is 0 Å². The third-order valence-corrected chi connectivity index (χ3v) is 4.17. The van der Waals surface area contributed by atoms with E-state index in [-0.39, 0.29) is 16.8 Å². The highest BCUT2D eigenvalue weighted by atomic mass is 35.5. The number of hydrogen-bond donors (Lipinski definition) is 2. The normalized spacial score (nSPS) is 23.3. The van der Waals surface area contributed by atoms with Gasteiger partial charge >= 0.3 is 0 Å². The molecule has 1 aromatic carbocycles. The third-order valence-electron chi connectivity index (χ3n) is 3.74. The molecule has 3 N–H and O–H groups in total. The first-order valence-corrected chi connectivity index (χ1v) is 6.91. The predicted octanol–water partition coefficient (Wildman–Crippen LogP) is 2.61. The van der Waals surface area contributed by atoms with Gasteiger partial charge in [-0.2, -0.15) is 0 Å². The van der Waals surface area contributed by atoms with Gasteiger partial charge in [-0.05, 0) is 37.3 Å². The van der Waals surface area contributed by atoms with Gasteiger partial charge in [0.05, 0.1) is 5.02 Å². The molecule has 3 nitrogen and oxygen atoms in total. The van der Waals surface area contributed by atoms with Crippen molar-refractivity contribution in [2.24, 2.45) is 11.7 Å². The van der Waals surface area contributed by atoms with Crippen LogP contribution in [0.3, 0.4) is 0 Å². The number of nitrogens with one attached hydrogen (secondary N) is 1. The van der Waals surface area contributed by atoms with Crippen LogP contribution in [-0.4, -0.2) is 11.9 Å². The number of hydrogen-bond acceptors (Lipinski definition) is 2. The van der Waals surface area contributed by atoms with Crippen molar-refractivity contribution in [2.75, 3.05) is 0 Å². The van der Waals surface area contributed by atoms with Crippen LogP contribution in [-0.2, 0) is 11.3 Å². The van der Waals surface area contributed by atoms with Gasteiger partial charge in [-0.25, -0.2) is 4.39 Å². The second kappa shape index (κ2) is 6.35. The predicted molar refractivity (Wildman–Crippen MR) is 73.2 cm³/mol. The Morgan fingerprint density at radius 3 is 2.68 bits per heavy atom. The van der Waals surface area contributed by atoms with Gasteiger partial charge in [0, 0.05) is 18.5 Å². The van der Waals surface area contributed by atoms with Gasteiger partial charge < -0.3 is 11.1 Å². The fourth-order valence-corrected chi connectivity index (χ4v) is 2.71. The molecule has 1 aromatic rings. The van der Waals surface area contributed by atoms with Crippen LogP contribution in [0.2, 0.25) is 5.02 Å². The topological polar surface area (TPSA) is 55.1 Å². The standard InChI is InChI=1S/C14H18ClFN2O/c15-13-10(2-1-3-12(13)16)8-18-11-6-4-9(5-7-11)14(17)19/h1-3,9,11,18H,4-8H2,(H2,17,19). The van der Waals surface area contributed by atoms with E-state index in [1.54, 1.807) is 6.07 Å². The van der Waals surface area contributed by atoms with E-state index in [2.05, 4.69) is 5.32 Å². The molecule has 0 unspecified atom stereocenters. The molecular formula is C14H18ClFN2O. The number of amides is 1. The highest BCUT2D eigenvalue weighted by molar-refractivity contribution is 6.31. The first kappa shape index (κ1) is 14.3. The zero-order valence-electron chi connectivity index (χ0n) is 10.7. The van der Waals surface area contributed by atoms with E-state index >= 15 is 0 Å². The first-order valence-electron chi connectivity index (χ1n) is 6.53. The number of halogens is 2. The Labute approximate surface area is 117 Å². The number of carbonyl (C=O) groups excluding carboxylic acids is 1. The Morgan fingerprint density at radius 2 is 2.05 bits per heavy atom. The summed E-state index contributed by atoms with van der Waals surface area (Å²) in [5.74, 6) is -0.583. The van der Waals surface area contributed by atoms with E-state index in [0.29, 0.717) is 12.6 Å². The van der Waals surface area contributed by atoms with Crippen molar-refractivity contribution in [1.82, 2.24) is 5.32 Å². The lowest BCUT2D eigenvalue weighted by atomic mass is 9.85. The molecular weight excluding hydrogens is 267 g/mol. The van der Waals surface area contributed by atoms with Crippen molar-refractivity contribution in [3.63, 3.8) is 0 Å². The van der Waals surface area contributed by atoms with Crippen LogP contribution >= 0.6 is 11.6 Å². The fraction of sp³-hybridized carbons (Fsp3) is 0.500. The first-order chi connectivity index (χ1) is 9.08. The van der Waals surface area contributed by atoms with Crippen molar-refractivity contribution >= 4 is 17.5 Å². The van der Waals surface area contributed by atoms with Gasteiger partial charge in [-0.3, -0.25) is 4.79 Å². The zero-order chi connectivity index (χ0) is 13.8. The monoisotopic (exact) mass is 284 g/mol. The Hall–Kier alpha value is -1.13. The average molecular weight is 285 g/mol. The highest BCUT2D eigenvalue weighted by Gasteiger charge is 2.24. The average Bonchev–Trinajstić information content (AvgIpc) is 2.41. The van der Waals surface area contributed by atoms with Crippen molar-refractivity contribution < 1.29 is 9.18 Å². The largest absolute Gasteiger partial charge is 0.369 e. The highest BCUT2D eigenvalue weighted by Crippen LogP contribution is 2.25. The number of rotatable bonds is 4. The van der Waals surface area contributed by atoms with E-state index in [1.807, 2.05) is 6.07 Å². The molecule has 104 valence electrons. The molecule has 0 radical (unpaired) electrons. The molecule has 1 aliphatic carbocycles. The van der Waals surface area contributed by atoms with Crippen molar-refractivity contribution in [1.29, 1.82) is 0 Å². The van der Waals surface area contributed by atoms with E-state index in [9.17, 15) is 9.18 Å². The lowest BCUT2D eigenvalue weighted by Crippen LogP contribution is -2.36. The second-order valence-corrected chi connectivity index (χ2v) is 5.42. The summed E-state index contributed by atoms with van der Waals surface area (Å²) >= 11 is 5.90. The summed E-state index contributed by atoms with van der Waals surface area (Å²) < 4.78 is 13.3. The summed E-state index contributed by atoms with van der Waals surface area (Å²) in [4.78, 5) is 11.1. The van der Waals surface area contributed by atoms with E-state index in [4.69, 9.17) is 17.3 Å². The third kappa shape index (κ3) is 3.67. The van der Waals surface area contributed by atoms with Gasteiger partial charge in [0.1, 0.15) is 5.82 Å². The van der Waals surface area contributed by atoms with Crippen LogP contribution in [0.5, 0.6) is 0 Å². The quantitative estimate of drug-likeness (QED) is 0.893. The zero-order valence-corrected chi connectivity index (χ0v) is 11.4. The molecule has 1 fully saturated rings. The molecule has 2 rings (SSSR count). The summed E-state index contributed by atoms with van der Waals surface area (Å²) in [7, 11) is 0. The summed E-state index contributed by atoms with van der Waals surface area (Å²) in [5.41, 5.74) is 6.06. The van der Waals surface area contributed by atoms with Crippen LogP contribution in [0.15, 0.2) is 18.2 Å². The van der Waals surface area contributed by atoms with E-state index < -0.39 is 5.82 Å². The SMILES string of the molecule is NC(=O)C1CCC(NCc2cccc(F)c2Cl)CC1.